The van der Waals surface area contributed by atoms with Gasteiger partial charge in [-0.3, -0.25) is 10.1 Å². The van der Waals surface area contributed by atoms with E-state index in [2.05, 4.69) is 4.98 Å². The number of carbonyl (C=O) groups is 1. The van der Waals surface area contributed by atoms with E-state index in [4.69, 9.17) is 25.5 Å². The fourth-order valence-electron chi connectivity index (χ4n) is 3.83. The minimum atomic E-state index is -0.698. The van der Waals surface area contributed by atoms with Crippen LogP contribution in [0.3, 0.4) is 0 Å². The number of ether oxygens (including phenoxy) is 2. The van der Waals surface area contributed by atoms with Gasteiger partial charge < -0.3 is 13.9 Å². The molecule has 2 atom stereocenters. The second-order valence-electron chi connectivity index (χ2n) is 8.08. The standard InChI is InChI=1S/C24H22ClFN2O6/c1-14-22(27-23(33-14)15-5-7-16(26)8-6-15)13-32-18-3-2-4-19(12-18)34-24(29)20-11-17(28(30)31)9-10-21(20)25/h5-11,18-19H,2-4,12-13H2,1H3/t18-,19+/m1/s1. The average Bonchev–Trinajstić information content (AvgIpc) is 3.19. The minimum Gasteiger partial charge on any atom is -0.459 e. The molecule has 1 aliphatic rings. The zero-order valence-electron chi connectivity index (χ0n) is 18.3. The van der Waals surface area contributed by atoms with E-state index in [0.717, 1.165) is 18.9 Å². The molecule has 8 nitrogen and oxygen atoms in total. The van der Waals surface area contributed by atoms with E-state index in [0.29, 0.717) is 35.7 Å². The first-order valence-corrected chi connectivity index (χ1v) is 11.2. The summed E-state index contributed by atoms with van der Waals surface area (Å²) in [5.41, 5.74) is 1.04. The molecule has 3 aromatic rings. The molecule has 2 aromatic carbocycles. The highest BCUT2D eigenvalue weighted by Gasteiger charge is 2.28. The van der Waals surface area contributed by atoms with Crippen LogP contribution >= 0.6 is 11.6 Å². The summed E-state index contributed by atoms with van der Waals surface area (Å²) in [6, 6.07) is 9.54. The Balaban J connectivity index is 1.35. The third-order valence-electron chi connectivity index (χ3n) is 5.67. The zero-order chi connectivity index (χ0) is 24.2. The Morgan fingerprint density at radius 2 is 1.97 bits per heavy atom. The number of nitrogens with zero attached hydrogens (tertiary/aromatic N) is 2. The maximum Gasteiger partial charge on any atom is 0.340 e. The number of hydrogen-bond donors (Lipinski definition) is 0. The molecule has 0 unspecified atom stereocenters. The van der Waals surface area contributed by atoms with E-state index in [-0.39, 0.29) is 34.8 Å². The number of aromatic nitrogens is 1. The van der Waals surface area contributed by atoms with Crippen molar-refractivity contribution >= 4 is 23.3 Å². The van der Waals surface area contributed by atoms with Gasteiger partial charge in [-0.1, -0.05) is 11.6 Å². The number of aryl methyl sites for hydroxylation is 1. The molecule has 1 aliphatic carbocycles. The molecule has 0 saturated heterocycles. The highest BCUT2D eigenvalue weighted by atomic mass is 35.5. The van der Waals surface area contributed by atoms with Crippen LogP contribution in [0.1, 0.15) is 47.5 Å². The quantitative estimate of drug-likeness (QED) is 0.227. The van der Waals surface area contributed by atoms with Crippen molar-refractivity contribution in [1.29, 1.82) is 0 Å². The van der Waals surface area contributed by atoms with Crippen LogP contribution in [0.15, 0.2) is 46.9 Å². The van der Waals surface area contributed by atoms with Gasteiger partial charge in [0.05, 0.1) is 28.2 Å². The van der Waals surface area contributed by atoms with Crippen LogP contribution in [0, 0.1) is 22.9 Å². The lowest BCUT2D eigenvalue weighted by Gasteiger charge is -2.28. The van der Waals surface area contributed by atoms with Crippen molar-refractivity contribution in [2.75, 3.05) is 0 Å². The van der Waals surface area contributed by atoms with Gasteiger partial charge in [0, 0.05) is 24.1 Å². The van der Waals surface area contributed by atoms with E-state index < -0.39 is 17.0 Å². The highest BCUT2D eigenvalue weighted by Crippen LogP contribution is 2.29. The summed E-state index contributed by atoms with van der Waals surface area (Å²) in [6.07, 6.45) is 2.19. The van der Waals surface area contributed by atoms with Gasteiger partial charge in [0.2, 0.25) is 5.89 Å². The molecule has 0 spiro atoms. The first-order chi connectivity index (χ1) is 16.3. The second-order valence-corrected chi connectivity index (χ2v) is 8.48. The molecule has 34 heavy (non-hydrogen) atoms. The smallest absolute Gasteiger partial charge is 0.340 e. The third-order valence-corrected chi connectivity index (χ3v) is 6.00. The minimum absolute atomic E-state index is 0.0366. The SMILES string of the molecule is Cc1oc(-c2ccc(F)cc2)nc1CO[C@@H]1CCC[C@H](OC(=O)c2cc([N+](=O)[O-])ccc2Cl)C1. The summed E-state index contributed by atoms with van der Waals surface area (Å²) >= 11 is 6.05. The fourth-order valence-corrected chi connectivity index (χ4v) is 4.03. The molecular formula is C24H22ClFN2O6. The van der Waals surface area contributed by atoms with Crippen LogP contribution in [0.5, 0.6) is 0 Å². The van der Waals surface area contributed by atoms with Crippen molar-refractivity contribution < 1.29 is 28.0 Å². The Hall–Kier alpha value is -3.30. The van der Waals surface area contributed by atoms with E-state index in [1.807, 2.05) is 0 Å². The number of oxazole rings is 1. The number of non-ortho nitro benzene ring substituents is 1. The largest absolute Gasteiger partial charge is 0.459 e. The Bertz CT molecular complexity index is 1200. The molecule has 1 aromatic heterocycles. The molecule has 10 heteroatoms. The van der Waals surface area contributed by atoms with Gasteiger partial charge in [-0.2, -0.15) is 0 Å². The Morgan fingerprint density at radius 1 is 1.24 bits per heavy atom. The summed E-state index contributed by atoms with van der Waals surface area (Å²) in [4.78, 5) is 27.4. The molecule has 0 radical (unpaired) electrons. The number of nitro groups is 1. The fraction of sp³-hybridized carbons (Fsp3) is 0.333. The molecular weight excluding hydrogens is 467 g/mol. The predicted molar refractivity (Wildman–Crippen MR) is 121 cm³/mol. The van der Waals surface area contributed by atoms with Gasteiger partial charge in [-0.25, -0.2) is 14.2 Å². The molecule has 0 amide bonds. The normalized spacial score (nSPS) is 18.0. The molecule has 1 fully saturated rings. The van der Waals surface area contributed by atoms with E-state index in [9.17, 15) is 19.3 Å². The van der Waals surface area contributed by atoms with Gasteiger partial charge in [-0.05, 0) is 56.5 Å². The number of esters is 1. The van der Waals surface area contributed by atoms with Gasteiger partial charge >= 0.3 is 5.97 Å². The van der Waals surface area contributed by atoms with Crippen LogP contribution < -0.4 is 0 Å². The molecule has 178 valence electrons. The van der Waals surface area contributed by atoms with Crippen LogP contribution in [0.25, 0.3) is 11.5 Å². The highest BCUT2D eigenvalue weighted by molar-refractivity contribution is 6.33. The van der Waals surface area contributed by atoms with Crippen molar-refractivity contribution in [2.45, 2.75) is 51.4 Å². The second kappa shape index (κ2) is 10.3. The first-order valence-electron chi connectivity index (χ1n) is 10.8. The van der Waals surface area contributed by atoms with Gasteiger partial charge in [-0.15, -0.1) is 0 Å². The van der Waals surface area contributed by atoms with E-state index >= 15 is 0 Å². The topological polar surface area (TPSA) is 105 Å². The number of rotatable bonds is 7. The Morgan fingerprint density at radius 3 is 2.71 bits per heavy atom. The van der Waals surface area contributed by atoms with Crippen LogP contribution in [-0.4, -0.2) is 28.1 Å². The monoisotopic (exact) mass is 488 g/mol. The zero-order valence-corrected chi connectivity index (χ0v) is 19.1. The molecule has 4 rings (SSSR count). The van der Waals surface area contributed by atoms with E-state index in [1.54, 1.807) is 19.1 Å². The maximum atomic E-state index is 13.2. The summed E-state index contributed by atoms with van der Waals surface area (Å²) in [7, 11) is 0. The van der Waals surface area contributed by atoms with Crippen molar-refractivity contribution in [3.8, 4) is 11.5 Å². The lowest BCUT2D eigenvalue weighted by Crippen LogP contribution is -2.30. The number of hydrogen-bond acceptors (Lipinski definition) is 7. The molecule has 0 aliphatic heterocycles. The molecule has 0 N–H and O–H groups in total. The van der Waals surface area contributed by atoms with Crippen LogP contribution in [-0.2, 0) is 16.1 Å². The van der Waals surface area contributed by atoms with Crippen molar-refractivity contribution in [3.63, 3.8) is 0 Å². The van der Waals surface area contributed by atoms with Gasteiger partial charge in [0.1, 0.15) is 23.4 Å². The lowest BCUT2D eigenvalue weighted by molar-refractivity contribution is -0.384. The summed E-state index contributed by atoms with van der Waals surface area (Å²) in [5.74, 6) is -0.0367. The maximum absolute atomic E-state index is 13.2. The van der Waals surface area contributed by atoms with Gasteiger partial charge in [0.25, 0.3) is 5.69 Å². The van der Waals surface area contributed by atoms with Crippen molar-refractivity contribution in [3.05, 3.63) is 80.4 Å². The third kappa shape index (κ3) is 5.60. The number of carbonyl (C=O) groups excluding carboxylic acids is 1. The molecule has 0 bridgehead atoms. The first kappa shape index (κ1) is 23.8. The van der Waals surface area contributed by atoms with Gasteiger partial charge in [0.15, 0.2) is 0 Å². The molecule has 1 saturated carbocycles. The summed E-state index contributed by atoms with van der Waals surface area (Å²) in [6.45, 7) is 2.01. The number of halogens is 2. The lowest BCUT2D eigenvalue weighted by atomic mass is 9.94. The van der Waals surface area contributed by atoms with Crippen LogP contribution in [0.4, 0.5) is 10.1 Å². The van der Waals surface area contributed by atoms with Crippen molar-refractivity contribution in [2.24, 2.45) is 0 Å². The molecule has 1 heterocycles. The average molecular weight is 489 g/mol. The Labute approximate surface area is 199 Å². The van der Waals surface area contributed by atoms with Crippen LogP contribution in [0.2, 0.25) is 5.02 Å². The number of benzene rings is 2. The van der Waals surface area contributed by atoms with E-state index in [1.165, 1.54) is 24.3 Å². The predicted octanol–water partition coefficient (Wildman–Crippen LogP) is 6.04. The number of nitro benzene ring substituents is 1. The summed E-state index contributed by atoms with van der Waals surface area (Å²) < 4.78 is 30.5. The summed E-state index contributed by atoms with van der Waals surface area (Å²) in [5, 5.41) is 11.1. The Kier molecular flexibility index (Phi) is 7.23. The van der Waals surface area contributed by atoms with Crippen molar-refractivity contribution in [1.82, 2.24) is 4.98 Å².